The molecule has 0 saturated heterocycles. The second kappa shape index (κ2) is 9.18. The summed E-state index contributed by atoms with van der Waals surface area (Å²) in [7, 11) is 0. The highest BCUT2D eigenvalue weighted by Gasteiger charge is 2.70. The molecule has 4 fully saturated rings. The number of nitrogens with one attached hydrogen (secondary N) is 1. The first-order chi connectivity index (χ1) is 19.1. The van der Waals surface area contributed by atoms with Crippen molar-refractivity contribution in [3.63, 3.8) is 0 Å². The van der Waals surface area contributed by atoms with E-state index in [0.29, 0.717) is 17.5 Å². The van der Waals surface area contributed by atoms with Crippen molar-refractivity contribution in [1.29, 1.82) is 0 Å². The molecule has 0 aliphatic heterocycles. The highest BCUT2D eigenvalue weighted by Crippen LogP contribution is 2.75. The Balaban J connectivity index is 1.34. The van der Waals surface area contributed by atoms with E-state index in [1.807, 2.05) is 30.3 Å². The van der Waals surface area contributed by atoms with E-state index in [4.69, 9.17) is 10.6 Å². The van der Waals surface area contributed by atoms with Crippen LogP contribution in [0.15, 0.2) is 42.0 Å². The average molecular weight is 561 g/mol. The normalized spacial score (nSPS) is 46.6. The Hall–Kier alpha value is -2.14. The summed E-state index contributed by atoms with van der Waals surface area (Å²) in [6.45, 7) is 16.6. The lowest BCUT2D eigenvalue weighted by Gasteiger charge is -2.70. The van der Waals surface area contributed by atoms with E-state index in [1.54, 1.807) is 0 Å². The van der Waals surface area contributed by atoms with Crippen molar-refractivity contribution in [1.82, 2.24) is 5.48 Å². The smallest absolute Gasteiger partial charge is 0.258 e. The fraction of sp³-hybridized carbons (Fsp3) is 0.722. The van der Waals surface area contributed by atoms with Gasteiger partial charge in [-0.05, 0) is 115 Å². The van der Waals surface area contributed by atoms with Gasteiger partial charge in [-0.15, -0.1) is 0 Å². The highest BCUT2D eigenvalue weighted by atomic mass is 16.7. The standard InChI is InChI=1S/C36H52N2O3/c1-31(2)27-13-16-36(7)29(34(27,5)15-14-28(31)37)26(39)21-24-25-22-33(4,18-17-32(25,3)19-20-35(24,36)6)30(40)38-41-23-11-9-8-10-12-23/h8-12,21,25,27-29H,13-20,22,37H2,1-7H3,(H,38,40)/t25-,27?,28-,29+,32+,33-,34-,35+,36+/m0/s1. The first kappa shape index (κ1) is 29.0. The number of nitrogens with two attached hydrogens (primary N) is 1. The minimum Gasteiger partial charge on any atom is -0.380 e. The maximum Gasteiger partial charge on any atom is 0.258 e. The van der Waals surface area contributed by atoms with Crippen molar-refractivity contribution >= 4 is 11.7 Å². The van der Waals surface area contributed by atoms with Crippen molar-refractivity contribution in [3.05, 3.63) is 42.0 Å². The monoisotopic (exact) mass is 560 g/mol. The molecule has 0 heterocycles. The van der Waals surface area contributed by atoms with E-state index in [1.165, 1.54) is 5.57 Å². The van der Waals surface area contributed by atoms with Crippen LogP contribution in [0.1, 0.15) is 106 Å². The van der Waals surface area contributed by atoms with Crippen LogP contribution in [0.3, 0.4) is 0 Å². The second-order valence-electron chi connectivity index (χ2n) is 16.6. The number of rotatable bonds is 3. The summed E-state index contributed by atoms with van der Waals surface area (Å²) in [6.07, 6.45) is 11.2. The molecule has 224 valence electrons. The summed E-state index contributed by atoms with van der Waals surface area (Å²) in [5.74, 6) is 1.61. The van der Waals surface area contributed by atoms with Gasteiger partial charge in [0.05, 0.1) is 0 Å². The van der Waals surface area contributed by atoms with Gasteiger partial charge in [0, 0.05) is 17.4 Å². The van der Waals surface area contributed by atoms with E-state index in [0.717, 1.165) is 57.8 Å². The predicted molar refractivity (Wildman–Crippen MR) is 163 cm³/mol. The van der Waals surface area contributed by atoms with Crippen LogP contribution < -0.4 is 16.1 Å². The molecule has 5 aliphatic rings. The third-order valence-corrected chi connectivity index (χ3v) is 14.2. The predicted octanol–water partition coefficient (Wildman–Crippen LogP) is 7.40. The molecule has 41 heavy (non-hydrogen) atoms. The van der Waals surface area contributed by atoms with Crippen molar-refractivity contribution in [3.8, 4) is 5.75 Å². The zero-order chi connectivity index (χ0) is 29.6. The minimum atomic E-state index is -0.550. The molecule has 0 bridgehead atoms. The number of hydroxylamine groups is 1. The first-order valence-corrected chi connectivity index (χ1v) is 16.1. The summed E-state index contributed by atoms with van der Waals surface area (Å²) in [5.41, 5.74) is 10.2. The largest absolute Gasteiger partial charge is 0.380 e. The van der Waals surface area contributed by atoms with Gasteiger partial charge in [0.25, 0.3) is 5.91 Å². The Morgan fingerprint density at radius 3 is 2.29 bits per heavy atom. The number of amides is 1. The van der Waals surface area contributed by atoms with E-state index in [2.05, 4.69) is 60.0 Å². The number of hydrogen-bond acceptors (Lipinski definition) is 4. The maximum atomic E-state index is 14.5. The number of carbonyl (C=O) groups is 2. The molecule has 5 aliphatic carbocycles. The van der Waals surface area contributed by atoms with E-state index in [-0.39, 0.29) is 50.9 Å². The number of hydrogen-bond donors (Lipinski definition) is 2. The molecule has 1 aromatic rings. The Labute approximate surface area is 247 Å². The molecule has 5 heteroatoms. The molecule has 1 aromatic carbocycles. The van der Waals surface area contributed by atoms with Crippen LogP contribution >= 0.6 is 0 Å². The number of benzene rings is 1. The van der Waals surface area contributed by atoms with Gasteiger partial charge in [-0.2, -0.15) is 5.48 Å². The van der Waals surface area contributed by atoms with Crippen molar-refractivity contribution in [2.75, 3.05) is 0 Å². The van der Waals surface area contributed by atoms with Gasteiger partial charge in [-0.3, -0.25) is 9.59 Å². The van der Waals surface area contributed by atoms with Crippen LogP contribution in [0.2, 0.25) is 0 Å². The van der Waals surface area contributed by atoms with Crippen molar-refractivity contribution in [2.24, 2.45) is 56.0 Å². The van der Waals surface area contributed by atoms with Crippen LogP contribution in [0.4, 0.5) is 0 Å². The first-order valence-electron chi connectivity index (χ1n) is 16.1. The molecule has 0 radical (unpaired) electrons. The maximum absolute atomic E-state index is 14.5. The molecular weight excluding hydrogens is 508 g/mol. The van der Waals surface area contributed by atoms with Gasteiger partial charge >= 0.3 is 0 Å². The molecule has 1 amide bonds. The zero-order valence-electron chi connectivity index (χ0n) is 26.4. The van der Waals surface area contributed by atoms with Crippen molar-refractivity contribution in [2.45, 2.75) is 112 Å². The molecular formula is C36H52N2O3. The average Bonchev–Trinajstić information content (AvgIpc) is 2.92. The molecule has 3 N–H and O–H groups in total. The fourth-order valence-electron chi connectivity index (χ4n) is 11.1. The summed E-state index contributed by atoms with van der Waals surface area (Å²) < 4.78 is 0. The number of para-hydroxylation sites is 1. The summed E-state index contributed by atoms with van der Waals surface area (Å²) >= 11 is 0. The third-order valence-electron chi connectivity index (χ3n) is 14.2. The molecule has 5 nitrogen and oxygen atoms in total. The number of ketones is 1. The summed E-state index contributed by atoms with van der Waals surface area (Å²) in [5, 5.41) is 0. The lowest BCUT2D eigenvalue weighted by molar-refractivity contribution is -0.187. The van der Waals surface area contributed by atoms with Crippen LogP contribution in [-0.2, 0) is 9.59 Å². The zero-order valence-corrected chi connectivity index (χ0v) is 26.4. The van der Waals surface area contributed by atoms with Gasteiger partial charge in [-0.25, -0.2) is 0 Å². The number of carbonyl (C=O) groups excluding carboxylic acids is 2. The molecule has 0 aromatic heterocycles. The molecule has 1 unspecified atom stereocenters. The topological polar surface area (TPSA) is 81.4 Å². The van der Waals surface area contributed by atoms with Gasteiger partial charge in [0.2, 0.25) is 0 Å². The van der Waals surface area contributed by atoms with Crippen LogP contribution in [0.5, 0.6) is 5.75 Å². The van der Waals surface area contributed by atoms with Crippen LogP contribution in [-0.4, -0.2) is 17.7 Å². The number of allylic oxidation sites excluding steroid dienone is 2. The van der Waals surface area contributed by atoms with Gasteiger partial charge < -0.3 is 10.6 Å². The summed E-state index contributed by atoms with van der Waals surface area (Å²) in [4.78, 5) is 33.8. The Morgan fingerprint density at radius 2 is 1.59 bits per heavy atom. The Morgan fingerprint density at radius 1 is 0.902 bits per heavy atom. The number of fused-ring (bicyclic) bond motifs is 7. The summed E-state index contributed by atoms with van der Waals surface area (Å²) in [6, 6.07) is 9.61. The Kier molecular flexibility index (Phi) is 6.48. The Bertz CT molecular complexity index is 1270. The third kappa shape index (κ3) is 3.96. The SMILES string of the molecule is CC1(C)C2CC[C@]3(C)[C@H](C(=O)C=C4[C@@H]5C[C@@](C)(C(=O)NOc6ccccc6)CC[C@]5(C)CC[C@]43C)[C@@]2(C)CC[C@@H]1N. The molecule has 0 spiro atoms. The van der Waals surface area contributed by atoms with Gasteiger partial charge in [0.15, 0.2) is 11.5 Å². The van der Waals surface area contributed by atoms with Gasteiger partial charge in [0.1, 0.15) is 0 Å². The molecule has 9 atom stereocenters. The highest BCUT2D eigenvalue weighted by molar-refractivity contribution is 5.95. The van der Waals surface area contributed by atoms with Gasteiger partial charge in [-0.1, -0.05) is 72.2 Å². The van der Waals surface area contributed by atoms with E-state index < -0.39 is 5.41 Å². The van der Waals surface area contributed by atoms with Crippen LogP contribution in [0, 0.1) is 50.2 Å². The fourth-order valence-corrected chi connectivity index (χ4v) is 11.1. The molecule has 6 rings (SSSR count). The molecule has 4 saturated carbocycles. The van der Waals surface area contributed by atoms with E-state index >= 15 is 0 Å². The quantitative estimate of drug-likeness (QED) is 0.377. The van der Waals surface area contributed by atoms with Crippen molar-refractivity contribution < 1.29 is 14.4 Å². The lowest BCUT2D eigenvalue weighted by atomic mass is 9.33. The minimum absolute atomic E-state index is 0.0242. The second-order valence-corrected chi connectivity index (χ2v) is 16.6. The van der Waals surface area contributed by atoms with Crippen LogP contribution in [0.25, 0.3) is 0 Å². The lowest BCUT2D eigenvalue weighted by Crippen LogP contribution is -2.67. The van der Waals surface area contributed by atoms with E-state index in [9.17, 15) is 9.59 Å².